The summed E-state index contributed by atoms with van der Waals surface area (Å²) in [6, 6.07) is 16.2. The summed E-state index contributed by atoms with van der Waals surface area (Å²) in [6.07, 6.45) is 3.80. The van der Waals surface area contributed by atoms with Crippen molar-refractivity contribution in [2.75, 3.05) is 11.9 Å². The predicted molar refractivity (Wildman–Crippen MR) is 95.3 cm³/mol. The van der Waals surface area contributed by atoms with E-state index in [1.165, 1.54) is 11.1 Å². The van der Waals surface area contributed by atoms with E-state index in [0.29, 0.717) is 6.42 Å². The summed E-state index contributed by atoms with van der Waals surface area (Å²) in [5.41, 5.74) is 3.58. The number of hydrogen-bond acceptors (Lipinski definition) is 2. The zero-order valence-electron chi connectivity index (χ0n) is 13.1. The van der Waals surface area contributed by atoms with Crippen LogP contribution in [-0.2, 0) is 17.6 Å². The van der Waals surface area contributed by atoms with Gasteiger partial charge in [0.25, 0.3) is 0 Å². The van der Waals surface area contributed by atoms with Gasteiger partial charge in [-0.2, -0.15) is 0 Å². The lowest BCUT2D eigenvalue weighted by atomic mass is 10.1. The van der Waals surface area contributed by atoms with Crippen molar-refractivity contribution >= 4 is 23.3 Å². The van der Waals surface area contributed by atoms with Gasteiger partial charge in [-0.1, -0.05) is 35.9 Å². The smallest absolute Gasteiger partial charge is 0.303 e. The van der Waals surface area contributed by atoms with Crippen LogP contribution in [0.5, 0.6) is 0 Å². The fourth-order valence-electron chi connectivity index (χ4n) is 2.41. The number of nitrogens with one attached hydrogen (secondary N) is 1. The summed E-state index contributed by atoms with van der Waals surface area (Å²) in [5, 5.41) is 12.8. The maximum Gasteiger partial charge on any atom is 0.303 e. The van der Waals surface area contributed by atoms with Gasteiger partial charge in [-0.3, -0.25) is 4.79 Å². The highest BCUT2D eigenvalue weighted by molar-refractivity contribution is 6.30. The summed E-state index contributed by atoms with van der Waals surface area (Å²) >= 11 is 5.87. The molecule has 0 amide bonds. The van der Waals surface area contributed by atoms with Crippen LogP contribution in [0, 0.1) is 0 Å². The van der Waals surface area contributed by atoms with E-state index < -0.39 is 5.97 Å². The summed E-state index contributed by atoms with van der Waals surface area (Å²) in [7, 11) is 0. The molecular formula is C19H22ClNO2. The van der Waals surface area contributed by atoms with Crippen LogP contribution < -0.4 is 5.32 Å². The predicted octanol–water partition coefficient (Wildman–Crippen LogP) is 4.79. The molecule has 0 bridgehead atoms. The van der Waals surface area contributed by atoms with Crippen LogP contribution in [0.15, 0.2) is 48.5 Å². The molecule has 0 aliphatic rings. The third kappa shape index (κ3) is 6.74. The van der Waals surface area contributed by atoms with E-state index in [4.69, 9.17) is 16.7 Å². The number of carboxylic acids is 1. The molecule has 23 heavy (non-hydrogen) atoms. The van der Waals surface area contributed by atoms with Gasteiger partial charge in [-0.05, 0) is 61.1 Å². The first-order chi connectivity index (χ1) is 11.1. The zero-order chi connectivity index (χ0) is 16.5. The number of benzene rings is 2. The van der Waals surface area contributed by atoms with Crippen LogP contribution in [0.1, 0.15) is 30.4 Å². The topological polar surface area (TPSA) is 49.3 Å². The maximum atomic E-state index is 10.5. The van der Waals surface area contributed by atoms with Crippen molar-refractivity contribution in [3.63, 3.8) is 0 Å². The van der Waals surface area contributed by atoms with Gasteiger partial charge < -0.3 is 10.4 Å². The molecule has 0 spiro atoms. The van der Waals surface area contributed by atoms with Crippen molar-refractivity contribution in [1.29, 1.82) is 0 Å². The molecule has 0 heterocycles. The minimum Gasteiger partial charge on any atom is -0.481 e. The third-order valence-corrected chi connectivity index (χ3v) is 3.95. The van der Waals surface area contributed by atoms with E-state index in [1.807, 2.05) is 12.1 Å². The van der Waals surface area contributed by atoms with Crippen LogP contribution in [-0.4, -0.2) is 17.6 Å². The Bertz CT molecular complexity index is 608. The summed E-state index contributed by atoms with van der Waals surface area (Å²) in [5.74, 6) is -0.732. The monoisotopic (exact) mass is 331 g/mol. The number of rotatable bonds is 9. The molecule has 3 nitrogen and oxygen atoms in total. The number of carboxylic acid groups (broad SMARTS) is 1. The molecule has 0 unspecified atom stereocenters. The molecule has 2 rings (SSSR count). The molecule has 0 aliphatic heterocycles. The van der Waals surface area contributed by atoms with Crippen LogP contribution in [0.2, 0.25) is 5.02 Å². The molecule has 2 aromatic carbocycles. The molecule has 0 aliphatic carbocycles. The highest BCUT2D eigenvalue weighted by atomic mass is 35.5. The average molecular weight is 332 g/mol. The second-order valence-corrected chi connectivity index (χ2v) is 6.04. The Balaban J connectivity index is 1.67. The summed E-state index contributed by atoms with van der Waals surface area (Å²) in [6.45, 7) is 0.918. The minimum atomic E-state index is -0.732. The molecular weight excluding hydrogens is 310 g/mol. The van der Waals surface area contributed by atoms with Crippen LogP contribution in [0.25, 0.3) is 0 Å². The summed E-state index contributed by atoms with van der Waals surface area (Å²) < 4.78 is 0. The van der Waals surface area contributed by atoms with Gasteiger partial charge in [0.05, 0.1) is 0 Å². The Labute approximate surface area is 142 Å². The minimum absolute atomic E-state index is 0.227. The van der Waals surface area contributed by atoms with Gasteiger partial charge in [-0.15, -0.1) is 0 Å². The lowest BCUT2D eigenvalue weighted by Gasteiger charge is -2.08. The van der Waals surface area contributed by atoms with Gasteiger partial charge in [0.1, 0.15) is 0 Å². The Morgan fingerprint density at radius 3 is 2.09 bits per heavy atom. The molecule has 0 fully saturated rings. The number of halogens is 1. The average Bonchev–Trinajstić information content (AvgIpc) is 2.54. The Hall–Kier alpha value is -2.00. The normalized spacial score (nSPS) is 10.5. The fraction of sp³-hybridized carbons (Fsp3) is 0.316. The van der Waals surface area contributed by atoms with Crippen molar-refractivity contribution in [3.8, 4) is 0 Å². The van der Waals surface area contributed by atoms with Crippen molar-refractivity contribution < 1.29 is 9.90 Å². The van der Waals surface area contributed by atoms with Crippen molar-refractivity contribution in [2.24, 2.45) is 0 Å². The van der Waals surface area contributed by atoms with E-state index in [0.717, 1.165) is 36.5 Å². The zero-order valence-corrected chi connectivity index (χ0v) is 13.9. The fourth-order valence-corrected chi connectivity index (χ4v) is 2.54. The lowest BCUT2D eigenvalue weighted by Crippen LogP contribution is -2.03. The van der Waals surface area contributed by atoms with E-state index in [1.54, 1.807) is 0 Å². The van der Waals surface area contributed by atoms with Crippen LogP contribution >= 0.6 is 11.6 Å². The lowest BCUT2D eigenvalue weighted by molar-refractivity contribution is -0.137. The molecule has 0 radical (unpaired) electrons. The molecule has 122 valence electrons. The quantitative estimate of drug-likeness (QED) is 0.649. The summed E-state index contributed by atoms with van der Waals surface area (Å²) in [4.78, 5) is 10.5. The van der Waals surface area contributed by atoms with Crippen molar-refractivity contribution in [1.82, 2.24) is 0 Å². The van der Waals surface area contributed by atoms with Gasteiger partial charge >= 0.3 is 5.97 Å². The van der Waals surface area contributed by atoms with Gasteiger partial charge in [0.15, 0.2) is 0 Å². The van der Waals surface area contributed by atoms with E-state index in [2.05, 4.69) is 41.7 Å². The van der Waals surface area contributed by atoms with E-state index in [9.17, 15) is 4.79 Å². The van der Waals surface area contributed by atoms with Gasteiger partial charge in [0.2, 0.25) is 0 Å². The number of carbonyl (C=O) groups is 1. The van der Waals surface area contributed by atoms with Crippen molar-refractivity contribution in [2.45, 2.75) is 32.1 Å². The first-order valence-corrected chi connectivity index (χ1v) is 8.30. The molecule has 0 atom stereocenters. The number of aryl methyl sites for hydroxylation is 2. The Kier molecular flexibility index (Phi) is 6.95. The third-order valence-electron chi connectivity index (χ3n) is 3.69. The Morgan fingerprint density at radius 2 is 1.48 bits per heavy atom. The maximum absolute atomic E-state index is 10.5. The van der Waals surface area contributed by atoms with Gasteiger partial charge in [-0.25, -0.2) is 0 Å². The van der Waals surface area contributed by atoms with E-state index in [-0.39, 0.29) is 6.42 Å². The molecule has 0 saturated heterocycles. The second kappa shape index (κ2) is 9.21. The highest BCUT2D eigenvalue weighted by Crippen LogP contribution is 2.13. The first kappa shape index (κ1) is 17.4. The molecule has 0 saturated carbocycles. The number of anilines is 1. The largest absolute Gasteiger partial charge is 0.481 e. The van der Waals surface area contributed by atoms with Gasteiger partial charge in [0, 0.05) is 23.7 Å². The highest BCUT2D eigenvalue weighted by Gasteiger charge is 1.99. The molecule has 0 aromatic heterocycles. The number of aliphatic carboxylic acids is 1. The second-order valence-electron chi connectivity index (χ2n) is 5.60. The van der Waals surface area contributed by atoms with Crippen LogP contribution in [0.4, 0.5) is 5.69 Å². The van der Waals surface area contributed by atoms with E-state index >= 15 is 0 Å². The molecule has 2 aromatic rings. The number of hydrogen-bond donors (Lipinski definition) is 2. The standard InChI is InChI=1S/C19H22ClNO2/c20-17-10-6-16(7-11-17)4-2-14-21-18-12-8-15(9-13-18)3-1-5-19(22)23/h6-13,21H,1-5,14H2,(H,22,23). The van der Waals surface area contributed by atoms with Crippen molar-refractivity contribution in [3.05, 3.63) is 64.7 Å². The first-order valence-electron chi connectivity index (χ1n) is 7.92. The van der Waals surface area contributed by atoms with Crippen LogP contribution in [0.3, 0.4) is 0 Å². The molecule has 2 N–H and O–H groups in total. The molecule has 4 heteroatoms. The Morgan fingerprint density at radius 1 is 0.913 bits per heavy atom. The SMILES string of the molecule is O=C(O)CCCc1ccc(NCCCc2ccc(Cl)cc2)cc1.